The summed E-state index contributed by atoms with van der Waals surface area (Å²) in [5, 5.41) is 13.8. The Morgan fingerprint density at radius 2 is 1.62 bits per heavy atom. The monoisotopic (exact) mass is 472 g/mol. The van der Waals surface area contributed by atoms with Crippen LogP contribution in [0.3, 0.4) is 0 Å². The van der Waals surface area contributed by atoms with Gasteiger partial charge in [0.05, 0.1) is 26.8 Å². The number of rotatable bonds is 7. The van der Waals surface area contributed by atoms with Gasteiger partial charge in [0.25, 0.3) is 11.6 Å². The Balaban J connectivity index is 1.69. The number of benzene rings is 3. The Morgan fingerprint density at radius 1 is 0.938 bits per heavy atom. The predicted octanol–water partition coefficient (Wildman–Crippen LogP) is 5.19. The molecular weight excluding hydrogens is 459 g/mol. The topological polar surface area (TPSA) is 116 Å². The molecule has 0 fully saturated rings. The van der Waals surface area contributed by atoms with E-state index >= 15 is 0 Å². The van der Waals surface area contributed by atoms with Crippen molar-refractivity contribution in [3.63, 3.8) is 0 Å². The molecule has 0 atom stereocenters. The molecule has 10 heteroatoms. The van der Waals surface area contributed by atoms with E-state index in [2.05, 4.69) is 5.32 Å². The van der Waals surface area contributed by atoms with Crippen molar-refractivity contribution in [3.8, 4) is 0 Å². The van der Waals surface area contributed by atoms with Crippen LogP contribution >= 0.6 is 23.2 Å². The van der Waals surface area contributed by atoms with Gasteiger partial charge >= 0.3 is 5.97 Å². The number of carbonyl (C=O) groups is 3. The standard InChI is InChI=1S/C22H14Cl2N2O6/c23-14-7-10-16(18(24)11-14)21(28)25-19-4-2-1-3-17(19)22(29)32-12-20(27)13-5-8-15(9-6-13)26(30)31/h1-11H,12H2,(H,25,28). The number of non-ortho nitro benzene ring substituents is 1. The lowest BCUT2D eigenvalue weighted by Crippen LogP contribution is -2.18. The molecule has 32 heavy (non-hydrogen) atoms. The number of ketones is 1. The molecule has 3 aromatic carbocycles. The summed E-state index contributed by atoms with van der Waals surface area (Å²) < 4.78 is 5.07. The van der Waals surface area contributed by atoms with Crippen LogP contribution < -0.4 is 5.32 Å². The van der Waals surface area contributed by atoms with Gasteiger partial charge in [-0.2, -0.15) is 0 Å². The fraction of sp³-hybridized carbons (Fsp3) is 0.0455. The minimum atomic E-state index is -0.835. The molecule has 0 aliphatic heterocycles. The maximum Gasteiger partial charge on any atom is 0.340 e. The average Bonchev–Trinajstić information content (AvgIpc) is 2.77. The number of nitrogens with one attached hydrogen (secondary N) is 1. The van der Waals surface area contributed by atoms with Gasteiger partial charge in [-0.15, -0.1) is 0 Å². The molecule has 0 unspecified atom stereocenters. The normalized spacial score (nSPS) is 10.3. The molecule has 162 valence electrons. The fourth-order valence-corrected chi connectivity index (χ4v) is 3.19. The number of anilines is 1. The first-order valence-corrected chi connectivity index (χ1v) is 9.82. The fourth-order valence-electron chi connectivity index (χ4n) is 2.69. The van der Waals surface area contributed by atoms with Gasteiger partial charge in [0.1, 0.15) is 0 Å². The first-order chi connectivity index (χ1) is 15.3. The summed E-state index contributed by atoms with van der Waals surface area (Å²) in [6, 6.07) is 15.4. The number of nitro groups is 1. The van der Waals surface area contributed by atoms with Crippen molar-refractivity contribution in [2.75, 3.05) is 11.9 Å². The van der Waals surface area contributed by atoms with E-state index in [0.29, 0.717) is 5.02 Å². The van der Waals surface area contributed by atoms with Crippen LogP contribution in [-0.4, -0.2) is 29.2 Å². The smallest absolute Gasteiger partial charge is 0.340 e. The van der Waals surface area contributed by atoms with Crippen LogP contribution in [-0.2, 0) is 4.74 Å². The van der Waals surface area contributed by atoms with E-state index in [9.17, 15) is 24.5 Å². The van der Waals surface area contributed by atoms with E-state index in [0.717, 1.165) is 0 Å². The van der Waals surface area contributed by atoms with Gasteiger partial charge in [0, 0.05) is 22.7 Å². The minimum Gasteiger partial charge on any atom is -0.454 e. The SMILES string of the molecule is O=C(COC(=O)c1ccccc1NC(=O)c1ccc(Cl)cc1Cl)c1ccc([N+](=O)[O-])cc1. The molecule has 0 radical (unpaired) electrons. The van der Waals surface area contributed by atoms with Crippen molar-refractivity contribution in [1.29, 1.82) is 0 Å². The lowest BCUT2D eigenvalue weighted by Gasteiger charge is -2.11. The number of nitro benzene ring substituents is 1. The molecule has 0 aliphatic carbocycles. The predicted molar refractivity (Wildman–Crippen MR) is 119 cm³/mol. The lowest BCUT2D eigenvalue weighted by atomic mass is 10.1. The first kappa shape index (κ1) is 22.9. The Morgan fingerprint density at radius 3 is 2.28 bits per heavy atom. The van der Waals surface area contributed by atoms with Crippen molar-refractivity contribution >= 4 is 52.2 Å². The number of amides is 1. The number of halogens is 2. The second-order valence-corrected chi connectivity index (χ2v) is 7.27. The van der Waals surface area contributed by atoms with E-state index in [1.807, 2.05) is 0 Å². The van der Waals surface area contributed by atoms with Crippen LogP contribution in [0.2, 0.25) is 10.0 Å². The number of esters is 1. The summed E-state index contributed by atoms with van der Waals surface area (Å²) in [7, 11) is 0. The van der Waals surface area contributed by atoms with Gasteiger partial charge < -0.3 is 10.1 Å². The number of hydrogen-bond donors (Lipinski definition) is 1. The Kier molecular flexibility index (Phi) is 7.19. The van der Waals surface area contributed by atoms with Crippen LogP contribution in [0, 0.1) is 10.1 Å². The van der Waals surface area contributed by atoms with Crippen molar-refractivity contribution in [3.05, 3.63) is 104 Å². The highest BCUT2D eigenvalue weighted by molar-refractivity contribution is 6.37. The molecule has 0 heterocycles. The third kappa shape index (κ3) is 5.48. The van der Waals surface area contributed by atoms with Crippen molar-refractivity contribution < 1.29 is 24.0 Å². The number of hydrogen-bond acceptors (Lipinski definition) is 6. The second kappa shape index (κ2) is 10.0. The molecular formula is C22H14Cl2N2O6. The van der Waals surface area contributed by atoms with Gasteiger partial charge in [-0.05, 0) is 42.5 Å². The highest BCUT2D eigenvalue weighted by Gasteiger charge is 2.18. The molecule has 8 nitrogen and oxygen atoms in total. The third-order valence-corrected chi connectivity index (χ3v) is 4.85. The quantitative estimate of drug-likeness (QED) is 0.219. The van der Waals surface area contributed by atoms with Crippen LogP contribution in [0.15, 0.2) is 66.7 Å². The van der Waals surface area contributed by atoms with E-state index in [-0.39, 0.29) is 33.1 Å². The maximum absolute atomic E-state index is 12.6. The number of nitrogens with zero attached hydrogens (tertiary/aromatic N) is 1. The van der Waals surface area contributed by atoms with E-state index in [1.54, 1.807) is 12.1 Å². The van der Waals surface area contributed by atoms with E-state index in [1.165, 1.54) is 54.6 Å². The average molecular weight is 473 g/mol. The van der Waals surface area contributed by atoms with Gasteiger partial charge in [-0.1, -0.05) is 35.3 Å². The molecule has 0 saturated heterocycles. The summed E-state index contributed by atoms with van der Waals surface area (Å²) in [5.74, 6) is -1.94. The zero-order valence-electron chi connectivity index (χ0n) is 16.2. The second-order valence-electron chi connectivity index (χ2n) is 6.43. The third-order valence-electron chi connectivity index (χ3n) is 4.31. The molecule has 0 aromatic heterocycles. The molecule has 0 bridgehead atoms. The largest absolute Gasteiger partial charge is 0.454 e. The van der Waals surface area contributed by atoms with Gasteiger partial charge in [-0.3, -0.25) is 19.7 Å². The summed E-state index contributed by atoms with van der Waals surface area (Å²) in [4.78, 5) is 47.4. The Bertz CT molecular complexity index is 1210. The first-order valence-electron chi connectivity index (χ1n) is 9.06. The van der Waals surface area contributed by atoms with Crippen molar-refractivity contribution in [2.24, 2.45) is 0 Å². The summed E-state index contributed by atoms with van der Waals surface area (Å²) in [5.41, 5.74) is 0.345. The number of para-hydroxylation sites is 1. The molecule has 0 saturated carbocycles. The highest BCUT2D eigenvalue weighted by Crippen LogP contribution is 2.23. The molecule has 0 aliphatic rings. The number of Topliss-reactive ketones (excluding diaryl/α,β-unsaturated/α-hetero) is 1. The minimum absolute atomic E-state index is 0.0300. The van der Waals surface area contributed by atoms with Crippen LogP contribution in [0.1, 0.15) is 31.1 Å². The molecule has 0 spiro atoms. The van der Waals surface area contributed by atoms with Crippen LogP contribution in [0.5, 0.6) is 0 Å². The summed E-state index contributed by atoms with van der Waals surface area (Å²) >= 11 is 11.9. The molecule has 1 amide bonds. The molecule has 3 rings (SSSR count). The van der Waals surface area contributed by atoms with Gasteiger partial charge in [0.15, 0.2) is 12.4 Å². The number of carbonyl (C=O) groups excluding carboxylic acids is 3. The van der Waals surface area contributed by atoms with Gasteiger partial charge in [-0.25, -0.2) is 4.79 Å². The summed E-state index contributed by atoms with van der Waals surface area (Å²) in [6.07, 6.45) is 0. The Labute approximate surface area is 191 Å². The van der Waals surface area contributed by atoms with Crippen molar-refractivity contribution in [2.45, 2.75) is 0 Å². The van der Waals surface area contributed by atoms with E-state index in [4.69, 9.17) is 27.9 Å². The highest BCUT2D eigenvalue weighted by atomic mass is 35.5. The maximum atomic E-state index is 12.6. The lowest BCUT2D eigenvalue weighted by molar-refractivity contribution is -0.384. The molecule has 1 N–H and O–H groups in total. The van der Waals surface area contributed by atoms with Gasteiger partial charge in [0.2, 0.25) is 0 Å². The van der Waals surface area contributed by atoms with Crippen LogP contribution in [0.4, 0.5) is 11.4 Å². The summed E-state index contributed by atoms with van der Waals surface area (Å²) in [6.45, 7) is -0.581. The van der Waals surface area contributed by atoms with Crippen molar-refractivity contribution in [1.82, 2.24) is 0 Å². The Hall–Kier alpha value is -3.75. The zero-order chi connectivity index (χ0) is 23.3. The van der Waals surface area contributed by atoms with E-state index < -0.39 is 29.2 Å². The number of ether oxygens (including phenoxy) is 1. The van der Waals surface area contributed by atoms with Crippen LogP contribution in [0.25, 0.3) is 0 Å². The molecule has 3 aromatic rings. The zero-order valence-corrected chi connectivity index (χ0v) is 17.7.